The maximum atomic E-state index is 11.5. The molecule has 1 aromatic heterocycles. The monoisotopic (exact) mass is 784 g/mol. The molecule has 0 aliphatic heterocycles. The summed E-state index contributed by atoms with van der Waals surface area (Å²) in [5.41, 5.74) is 10.7. The van der Waals surface area contributed by atoms with E-state index in [1.165, 1.54) is 39.5 Å². The van der Waals surface area contributed by atoms with E-state index in [1.807, 2.05) is 59.9 Å². The van der Waals surface area contributed by atoms with E-state index >= 15 is 0 Å². The molecule has 2 aliphatic rings. The summed E-state index contributed by atoms with van der Waals surface area (Å²) in [5.74, 6) is 0.104. The van der Waals surface area contributed by atoms with Gasteiger partial charge in [0.25, 0.3) is 0 Å². The van der Waals surface area contributed by atoms with Gasteiger partial charge < -0.3 is 10.1 Å². The van der Waals surface area contributed by atoms with Crippen molar-refractivity contribution in [3.8, 4) is 22.4 Å². The number of fused-ring (bicyclic) bond motifs is 3. The van der Waals surface area contributed by atoms with Gasteiger partial charge in [0.15, 0.2) is 11.5 Å². The molecule has 46 heavy (non-hydrogen) atoms. The molecule has 1 heterocycles. The van der Waals surface area contributed by atoms with Crippen LogP contribution in [-0.4, -0.2) is 15.9 Å². The first kappa shape index (κ1) is 33.3. The van der Waals surface area contributed by atoms with E-state index in [0.717, 1.165) is 58.5 Å². The first-order valence-electron chi connectivity index (χ1n) is 15.7. The molecular formula is C41H39IrN2O2-. The zero-order chi connectivity index (χ0) is 32.1. The van der Waals surface area contributed by atoms with Gasteiger partial charge in [-0.25, -0.2) is 4.85 Å². The predicted molar refractivity (Wildman–Crippen MR) is 185 cm³/mol. The van der Waals surface area contributed by atoms with Gasteiger partial charge in [0.05, 0.1) is 6.57 Å². The average Bonchev–Trinajstić information content (AvgIpc) is 3.02. The molecule has 7 rings (SSSR count). The number of carbonyl (C=O) groups is 1. The van der Waals surface area contributed by atoms with E-state index in [0.29, 0.717) is 5.69 Å². The predicted octanol–water partition coefficient (Wildman–Crippen LogP) is 10.4. The summed E-state index contributed by atoms with van der Waals surface area (Å²) in [4.78, 5) is 20.0. The van der Waals surface area contributed by atoms with E-state index in [2.05, 4.69) is 59.4 Å². The van der Waals surface area contributed by atoms with Gasteiger partial charge in [0.2, 0.25) is 0 Å². The summed E-state index contributed by atoms with van der Waals surface area (Å²) in [6.45, 7) is 18.6. The van der Waals surface area contributed by atoms with E-state index < -0.39 is 5.41 Å². The fraction of sp³-hybridized carbons (Fsp3) is 0.293. The summed E-state index contributed by atoms with van der Waals surface area (Å²) in [7, 11) is 0. The minimum absolute atomic E-state index is 0. The van der Waals surface area contributed by atoms with Crippen LogP contribution in [0.15, 0.2) is 78.7 Å². The number of hydrogen-bond donors (Lipinski definition) is 1. The SMILES string of the molecule is CC(C)(C)C(=O)/C=C(\O)C(C)(C)C.[C-]#[N+]c1cccc2c1ccc1c(-c3[c-]c4c5c(c3)CCc3cccc(c3-5)CC4)nccc12.[Ir]. The minimum atomic E-state index is -0.417. The third-order valence-corrected chi connectivity index (χ3v) is 8.95. The quantitative estimate of drug-likeness (QED) is 0.0840. The van der Waals surface area contributed by atoms with Crippen LogP contribution in [0.4, 0.5) is 5.69 Å². The van der Waals surface area contributed by atoms with Crippen LogP contribution in [-0.2, 0) is 50.6 Å². The molecule has 2 aliphatic carbocycles. The van der Waals surface area contributed by atoms with Crippen LogP contribution in [0.2, 0.25) is 0 Å². The summed E-state index contributed by atoms with van der Waals surface area (Å²) in [6.07, 6.45) is 7.53. The number of hydrogen-bond acceptors (Lipinski definition) is 3. The molecule has 0 amide bonds. The molecule has 5 heteroatoms. The molecule has 0 bridgehead atoms. The normalized spacial score (nSPS) is 13.6. The maximum Gasteiger partial charge on any atom is 0.194 e. The molecular weight excluding hydrogens is 745 g/mol. The van der Waals surface area contributed by atoms with Crippen LogP contribution in [0.5, 0.6) is 0 Å². The molecule has 0 spiro atoms. The zero-order valence-corrected chi connectivity index (χ0v) is 29.7. The van der Waals surface area contributed by atoms with Gasteiger partial charge in [0.1, 0.15) is 5.76 Å². The Bertz CT molecular complexity index is 2020. The van der Waals surface area contributed by atoms with E-state index in [1.54, 1.807) is 0 Å². The van der Waals surface area contributed by atoms with Gasteiger partial charge >= 0.3 is 0 Å². The number of aromatic nitrogens is 1. The standard InChI is InChI=1S/C30H19N2.C11H20O2.Ir/c1-31-27-7-3-6-23-24-14-15-32-30(26(24)13-12-25(23)27)22-16-20-10-8-18-4-2-5-19-9-11-21(17-22)29(20)28(18)19;1-10(2,3)8(12)7-9(13)11(4,5)6;/h2-7,12-16H,8-11H2;7,12H,1-6H3;/q-1;;/b;8-7-;. The molecule has 0 fully saturated rings. The second kappa shape index (κ2) is 12.6. The molecule has 4 aromatic carbocycles. The van der Waals surface area contributed by atoms with E-state index in [-0.39, 0.29) is 37.1 Å². The summed E-state index contributed by atoms with van der Waals surface area (Å²) in [6, 6.07) is 25.1. The number of ketones is 1. The van der Waals surface area contributed by atoms with Crippen molar-refractivity contribution in [1.29, 1.82) is 0 Å². The second-order valence-corrected chi connectivity index (χ2v) is 14.2. The fourth-order valence-electron chi connectivity index (χ4n) is 6.32. The molecule has 1 N–H and O–H groups in total. The van der Waals surface area contributed by atoms with Crippen molar-refractivity contribution in [2.45, 2.75) is 67.2 Å². The van der Waals surface area contributed by atoms with Gasteiger partial charge in [-0.05, 0) is 70.1 Å². The molecule has 5 aromatic rings. The zero-order valence-electron chi connectivity index (χ0n) is 27.3. The van der Waals surface area contributed by atoms with Crippen molar-refractivity contribution in [3.05, 3.63) is 118 Å². The number of aliphatic hydroxyl groups is 1. The molecule has 0 saturated heterocycles. The molecule has 0 saturated carbocycles. The number of rotatable bonds is 2. The van der Waals surface area contributed by atoms with Crippen LogP contribution >= 0.6 is 0 Å². The number of carbonyl (C=O) groups excluding carboxylic acids is 1. The van der Waals surface area contributed by atoms with Crippen molar-refractivity contribution < 1.29 is 30.0 Å². The van der Waals surface area contributed by atoms with Crippen LogP contribution in [0.25, 0.3) is 48.8 Å². The number of aliphatic hydroxyl groups excluding tert-OH is 1. The smallest absolute Gasteiger partial charge is 0.194 e. The Morgan fingerprint density at radius 2 is 1.43 bits per heavy atom. The van der Waals surface area contributed by atoms with Gasteiger partial charge in [-0.2, -0.15) is 0 Å². The third kappa shape index (κ3) is 6.17. The molecule has 235 valence electrons. The van der Waals surface area contributed by atoms with Crippen LogP contribution in [0, 0.1) is 23.5 Å². The number of allylic oxidation sites excluding steroid dienone is 2. The molecule has 0 unspecified atom stereocenters. The Morgan fingerprint density at radius 3 is 2.11 bits per heavy atom. The fourth-order valence-corrected chi connectivity index (χ4v) is 6.32. The van der Waals surface area contributed by atoms with Crippen molar-refractivity contribution in [2.75, 3.05) is 0 Å². The number of pyridine rings is 1. The average molecular weight is 784 g/mol. The van der Waals surface area contributed by atoms with Gasteiger partial charge in [-0.3, -0.25) is 4.79 Å². The Hall–Kier alpha value is -4.10. The minimum Gasteiger partial charge on any atom is -0.512 e. The Morgan fingerprint density at radius 1 is 0.804 bits per heavy atom. The summed E-state index contributed by atoms with van der Waals surface area (Å²) in [5, 5.41) is 13.9. The van der Waals surface area contributed by atoms with Crippen LogP contribution in [0.1, 0.15) is 63.8 Å². The van der Waals surface area contributed by atoms with Crippen LogP contribution < -0.4 is 0 Å². The Balaban J connectivity index is 0.000000256. The van der Waals surface area contributed by atoms with Gasteiger partial charge in [0, 0.05) is 43.2 Å². The topological polar surface area (TPSA) is 54.5 Å². The first-order valence-corrected chi connectivity index (χ1v) is 15.7. The van der Waals surface area contributed by atoms with Crippen molar-refractivity contribution in [3.63, 3.8) is 0 Å². The van der Waals surface area contributed by atoms with Crippen molar-refractivity contribution in [2.24, 2.45) is 10.8 Å². The second-order valence-electron chi connectivity index (χ2n) is 14.2. The Kier molecular flexibility index (Phi) is 9.11. The van der Waals surface area contributed by atoms with E-state index in [9.17, 15) is 9.90 Å². The van der Waals surface area contributed by atoms with Crippen LogP contribution in [0.3, 0.4) is 0 Å². The molecule has 0 atom stereocenters. The van der Waals surface area contributed by atoms with Crippen molar-refractivity contribution >= 4 is 33.0 Å². The maximum absolute atomic E-state index is 11.5. The van der Waals surface area contributed by atoms with Crippen molar-refractivity contribution in [1.82, 2.24) is 4.98 Å². The first-order chi connectivity index (χ1) is 21.4. The van der Waals surface area contributed by atoms with E-state index in [4.69, 9.17) is 11.6 Å². The largest absolute Gasteiger partial charge is 0.512 e. The number of benzene rings is 4. The van der Waals surface area contributed by atoms with Gasteiger partial charge in [-0.1, -0.05) is 101 Å². The van der Waals surface area contributed by atoms with Gasteiger partial charge in [-0.15, -0.1) is 28.8 Å². The number of nitrogens with zero attached hydrogens (tertiary/aromatic N) is 2. The summed E-state index contributed by atoms with van der Waals surface area (Å²) < 4.78 is 0. The third-order valence-electron chi connectivity index (χ3n) is 8.95. The number of aryl methyl sites for hydroxylation is 4. The summed E-state index contributed by atoms with van der Waals surface area (Å²) >= 11 is 0. The Labute approximate surface area is 285 Å². The molecule has 4 nitrogen and oxygen atoms in total. The molecule has 1 radical (unpaired) electrons.